The Balaban J connectivity index is 1.59. The van der Waals surface area contributed by atoms with E-state index < -0.39 is 0 Å². The maximum atomic E-state index is 11.8. The van der Waals surface area contributed by atoms with E-state index in [4.69, 9.17) is 0 Å². The first-order valence-corrected chi connectivity index (χ1v) is 7.22. The highest BCUT2D eigenvalue weighted by Crippen LogP contribution is 2.29. The van der Waals surface area contributed by atoms with Crippen LogP contribution in [0, 0.1) is 0 Å². The minimum absolute atomic E-state index is 0.0937. The first kappa shape index (κ1) is 13.8. The zero-order valence-corrected chi connectivity index (χ0v) is 12.0. The molecule has 1 aliphatic carbocycles. The van der Waals surface area contributed by atoms with Gasteiger partial charge in [0.2, 0.25) is 5.91 Å². The average Bonchev–Trinajstić information content (AvgIpc) is 2.99. The summed E-state index contributed by atoms with van der Waals surface area (Å²) < 4.78 is 0. The van der Waals surface area contributed by atoms with Crippen molar-refractivity contribution in [2.24, 2.45) is 0 Å². The number of nitrogens with zero attached hydrogens (tertiary/aromatic N) is 1. The van der Waals surface area contributed by atoms with E-state index >= 15 is 0 Å². The molecule has 1 saturated carbocycles. The van der Waals surface area contributed by atoms with E-state index in [0.717, 1.165) is 32.1 Å². The average molecular weight is 253 g/mol. The zero-order valence-electron chi connectivity index (χ0n) is 12.0. The first-order chi connectivity index (χ1) is 8.44. The molecule has 1 amide bonds. The van der Waals surface area contributed by atoms with Gasteiger partial charge in [-0.1, -0.05) is 0 Å². The number of hydrogen-bond donors (Lipinski definition) is 2. The molecule has 4 heteroatoms. The van der Waals surface area contributed by atoms with Crippen LogP contribution in [-0.4, -0.2) is 48.1 Å². The second-order valence-electron chi connectivity index (χ2n) is 6.71. The van der Waals surface area contributed by atoms with Crippen molar-refractivity contribution < 1.29 is 4.79 Å². The number of amides is 1. The molecular weight excluding hydrogens is 226 g/mol. The predicted octanol–water partition coefficient (Wildman–Crippen LogP) is 1.12. The van der Waals surface area contributed by atoms with Gasteiger partial charge in [0.1, 0.15) is 0 Å². The third kappa shape index (κ3) is 4.58. The van der Waals surface area contributed by atoms with E-state index in [1.807, 2.05) is 0 Å². The predicted molar refractivity (Wildman–Crippen MR) is 73.5 cm³/mol. The summed E-state index contributed by atoms with van der Waals surface area (Å²) in [6, 6.07) is 1.21. The van der Waals surface area contributed by atoms with Crippen LogP contribution in [0.1, 0.15) is 46.5 Å². The summed E-state index contributed by atoms with van der Waals surface area (Å²) in [6.07, 6.45) is 4.42. The van der Waals surface area contributed by atoms with Crippen molar-refractivity contribution in [3.8, 4) is 0 Å². The Morgan fingerprint density at radius 1 is 1.28 bits per heavy atom. The van der Waals surface area contributed by atoms with E-state index in [1.165, 1.54) is 12.8 Å². The molecule has 2 fully saturated rings. The lowest BCUT2D eigenvalue weighted by molar-refractivity contribution is -0.121. The number of carbonyl (C=O) groups is 1. The summed E-state index contributed by atoms with van der Waals surface area (Å²) in [4.78, 5) is 14.3. The fraction of sp³-hybridized carbons (Fsp3) is 0.929. The van der Waals surface area contributed by atoms with Crippen molar-refractivity contribution >= 4 is 5.91 Å². The molecule has 18 heavy (non-hydrogen) atoms. The van der Waals surface area contributed by atoms with Crippen LogP contribution in [0.5, 0.6) is 0 Å². The normalized spacial score (nSPS) is 25.4. The molecule has 2 rings (SSSR count). The number of likely N-dealkylation sites (tertiary alicyclic amines) is 1. The summed E-state index contributed by atoms with van der Waals surface area (Å²) in [5.74, 6) is 0.189. The van der Waals surface area contributed by atoms with Crippen LogP contribution in [0.15, 0.2) is 0 Å². The van der Waals surface area contributed by atoms with Crippen molar-refractivity contribution in [1.82, 2.24) is 15.5 Å². The molecule has 1 unspecified atom stereocenters. The van der Waals surface area contributed by atoms with Crippen molar-refractivity contribution in [2.75, 3.05) is 19.6 Å². The Morgan fingerprint density at radius 3 is 2.61 bits per heavy atom. The second kappa shape index (κ2) is 5.57. The van der Waals surface area contributed by atoms with Crippen LogP contribution in [0.3, 0.4) is 0 Å². The zero-order chi connectivity index (χ0) is 13.2. The summed E-state index contributed by atoms with van der Waals surface area (Å²) >= 11 is 0. The quantitative estimate of drug-likeness (QED) is 0.771. The number of hydrogen-bond acceptors (Lipinski definition) is 3. The standard InChI is InChI=1S/C14H27N3O/c1-14(2,3)15-8-6-13(18)16-11-7-9-17(10-11)12-4-5-12/h11-12,15H,4-10H2,1-3H3,(H,16,18). The molecule has 2 N–H and O–H groups in total. The smallest absolute Gasteiger partial charge is 0.221 e. The third-order valence-electron chi connectivity index (χ3n) is 3.66. The molecule has 0 aromatic heterocycles. The number of nitrogens with one attached hydrogen (secondary N) is 2. The van der Waals surface area contributed by atoms with Crippen LogP contribution in [0.4, 0.5) is 0 Å². The van der Waals surface area contributed by atoms with Crippen LogP contribution in [-0.2, 0) is 4.79 Å². The summed E-state index contributed by atoms with van der Waals surface area (Å²) in [6.45, 7) is 9.34. The third-order valence-corrected chi connectivity index (χ3v) is 3.66. The maximum absolute atomic E-state index is 11.8. The molecule has 1 heterocycles. The van der Waals surface area contributed by atoms with Crippen LogP contribution in [0.2, 0.25) is 0 Å². The molecule has 0 aromatic carbocycles. The summed E-state index contributed by atoms with van der Waals surface area (Å²) in [5.41, 5.74) is 0.0937. The number of rotatable bonds is 5. The van der Waals surface area contributed by atoms with Gasteiger partial charge in [-0.05, 0) is 40.0 Å². The van der Waals surface area contributed by atoms with Crippen molar-refractivity contribution in [3.63, 3.8) is 0 Å². The molecule has 1 atom stereocenters. The molecular formula is C14H27N3O. The monoisotopic (exact) mass is 253 g/mol. The molecule has 2 aliphatic rings. The van der Waals surface area contributed by atoms with Gasteiger partial charge in [0, 0.05) is 43.7 Å². The van der Waals surface area contributed by atoms with Gasteiger partial charge in [-0.2, -0.15) is 0 Å². The molecule has 104 valence electrons. The Morgan fingerprint density at radius 2 is 2.00 bits per heavy atom. The fourth-order valence-electron chi connectivity index (χ4n) is 2.53. The SMILES string of the molecule is CC(C)(C)NCCC(=O)NC1CCN(C2CC2)C1. The minimum atomic E-state index is 0.0937. The van der Waals surface area contributed by atoms with Crippen molar-refractivity contribution in [1.29, 1.82) is 0 Å². The Labute approximate surface area is 110 Å². The van der Waals surface area contributed by atoms with Crippen molar-refractivity contribution in [3.05, 3.63) is 0 Å². The fourth-order valence-corrected chi connectivity index (χ4v) is 2.53. The molecule has 0 radical (unpaired) electrons. The molecule has 0 bridgehead atoms. The highest BCUT2D eigenvalue weighted by molar-refractivity contribution is 5.76. The van der Waals surface area contributed by atoms with Gasteiger partial charge in [-0.25, -0.2) is 0 Å². The maximum Gasteiger partial charge on any atom is 0.221 e. The van der Waals surface area contributed by atoms with E-state index in [-0.39, 0.29) is 11.4 Å². The first-order valence-electron chi connectivity index (χ1n) is 7.22. The molecule has 0 spiro atoms. The lowest BCUT2D eigenvalue weighted by Gasteiger charge is -2.20. The summed E-state index contributed by atoms with van der Waals surface area (Å²) in [5, 5.41) is 6.50. The van der Waals surface area contributed by atoms with Gasteiger partial charge < -0.3 is 10.6 Å². The topological polar surface area (TPSA) is 44.4 Å². The van der Waals surface area contributed by atoms with Gasteiger partial charge in [0.15, 0.2) is 0 Å². The molecule has 1 aliphatic heterocycles. The molecule has 0 aromatic rings. The van der Waals surface area contributed by atoms with Crippen molar-refractivity contribution in [2.45, 2.75) is 64.1 Å². The highest BCUT2D eigenvalue weighted by Gasteiger charge is 2.34. The van der Waals surface area contributed by atoms with E-state index in [0.29, 0.717) is 12.5 Å². The largest absolute Gasteiger partial charge is 0.352 e. The number of carbonyl (C=O) groups excluding carboxylic acids is 1. The van der Waals surface area contributed by atoms with Crippen LogP contribution in [0.25, 0.3) is 0 Å². The highest BCUT2D eigenvalue weighted by atomic mass is 16.1. The van der Waals surface area contributed by atoms with E-state index in [9.17, 15) is 4.79 Å². The summed E-state index contributed by atoms with van der Waals surface area (Å²) in [7, 11) is 0. The lowest BCUT2D eigenvalue weighted by Crippen LogP contribution is -2.41. The lowest BCUT2D eigenvalue weighted by atomic mass is 10.1. The Bertz CT molecular complexity index is 294. The minimum Gasteiger partial charge on any atom is -0.352 e. The molecule has 1 saturated heterocycles. The van der Waals surface area contributed by atoms with E-state index in [2.05, 4.69) is 36.3 Å². The Kier molecular flexibility index (Phi) is 4.28. The van der Waals surface area contributed by atoms with Gasteiger partial charge >= 0.3 is 0 Å². The Hall–Kier alpha value is -0.610. The van der Waals surface area contributed by atoms with Gasteiger partial charge in [0.05, 0.1) is 0 Å². The van der Waals surface area contributed by atoms with Gasteiger partial charge in [0.25, 0.3) is 0 Å². The van der Waals surface area contributed by atoms with Gasteiger partial charge in [-0.15, -0.1) is 0 Å². The molecule has 4 nitrogen and oxygen atoms in total. The van der Waals surface area contributed by atoms with Crippen LogP contribution >= 0.6 is 0 Å². The van der Waals surface area contributed by atoms with Crippen LogP contribution < -0.4 is 10.6 Å². The van der Waals surface area contributed by atoms with Gasteiger partial charge in [-0.3, -0.25) is 9.69 Å². The van der Waals surface area contributed by atoms with E-state index in [1.54, 1.807) is 0 Å². The second-order valence-corrected chi connectivity index (χ2v) is 6.71.